The summed E-state index contributed by atoms with van der Waals surface area (Å²) in [5.74, 6) is 1.52. The summed E-state index contributed by atoms with van der Waals surface area (Å²) >= 11 is 0. The number of aryl methyl sites for hydroxylation is 1. The molecule has 1 heterocycles. The number of carbonyl (C=O) groups is 1. The van der Waals surface area contributed by atoms with Gasteiger partial charge in [0, 0.05) is 25.6 Å². The van der Waals surface area contributed by atoms with Crippen molar-refractivity contribution in [3.63, 3.8) is 0 Å². The van der Waals surface area contributed by atoms with Gasteiger partial charge in [-0.25, -0.2) is 0 Å². The first-order chi connectivity index (χ1) is 10.0. The predicted octanol–water partition coefficient (Wildman–Crippen LogP) is 1.36. The van der Waals surface area contributed by atoms with Gasteiger partial charge in [0.15, 0.2) is 0 Å². The third-order valence-corrected chi connectivity index (χ3v) is 2.78. The highest BCUT2D eigenvalue weighted by molar-refractivity contribution is 5.81. The molecular formula is C14H18N4O3. The molecule has 0 saturated carbocycles. The SMILES string of the molecule is Cc1nc(-c2ccc(OC[C@@H](C)N)c(N(C)C=O)c2)no1. The van der Waals surface area contributed by atoms with E-state index in [2.05, 4.69) is 10.1 Å². The summed E-state index contributed by atoms with van der Waals surface area (Å²) in [6.07, 6.45) is 0.708. The van der Waals surface area contributed by atoms with Crippen LogP contribution in [0.3, 0.4) is 0 Å². The topological polar surface area (TPSA) is 94.5 Å². The monoisotopic (exact) mass is 290 g/mol. The van der Waals surface area contributed by atoms with Crippen molar-refractivity contribution in [1.82, 2.24) is 10.1 Å². The number of anilines is 1. The molecule has 1 aromatic heterocycles. The van der Waals surface area contributed by atoms with Crippen LogP contribution in [0, 0.1) is 6.92 Å². The van der Waals surface area contributed by atoms with Crippen LogP contribution in [-0.2, 0) is 4.79 Å². The number of amides is 1. The zero-order valence-corrected chi connectivity index (χ0v) is 12.2. The van der Waals surface area contributed by atoms with E-state index in [4.69, 9.17) is 15.0 Å². The number of ether oxygens (including phenoxy) is 1. The lowest BCUT2D eigenvalue weighted by molar-refractivity contribution is -0.107. The molecular weight excluding hydrogens is 272 g/mol. The van der Waals surface area contributed by atoms with Crippen LogP contribution in [0.15, 0.2) is 22.7 Å². The lowest BCUT2D eigenvalue weighted by Gasteiger charge is -2.18. The number of nitrogens with two attached hydrogens (primary N) is 1. The van der Waals surface area contributed by atoms with E-state index in [1.54, 1.807) is 26.1 Å². The second-order valence-electron chi connectivity index (χ2n) is 4.82. The minimum absolute atomic E-state index is 0.0982. The van der Waals surface area contributed by atoms with E-state index < -0.39 is 0 Å². The van der Waals surface area contributed by atoms with E-state index in [1.807, 2.05) is 13.0 Å². The highest BCUT2D eigenvalue weighted by atomic mass is 16.5. The number of benzene rings is 1. The Morgan fingerprint density at radius 1 is 1.52 bits per heavy atom. The normalized spacial score (nSPS) is 12.0. The first-order valence-corrected chi connectivity index (χ1v) is 6.52. The summed E-state index contributed by atoms with van der Waals surface area (Å²) in [4.78, 5) is 16.6. The number of aromatic nitrogens is 2. The van der Waals surface area contributed by atoms with Gasteiger partial charge in [-0.05, 0) is 25.1 Å². The van der Waals surface area contributed by atoms with E-state index in [0.29, 0.717) is 36.2 Å². The first-order valence-electron chi connectivity index (χ1n) is 6.52. The maximum atomic E-state index is 11.0. The van der Waals surface area contributed by atoms with E-state index in [1.165, 1.54) is 4.90 Å². The molecule has 0 fully saturated rings. The molecule has 0 aliphatic carbocycles. The Bertz CT molecular complexity index is 624. The van der Waals surface area contributed by atoms with E-state index >= 15 is 0 Å². The molecule has 2 rings (SSSR count). The van der Waals surface area contributed by atoms with Crippen molar-refractivity contribution < 1.29 is 14.1 Å². The summed E-state index contributed by atoms with van der Waals surface area (Å²) < 4.78 is 10.6. The number of rotatable bonds is 6. The third kappa shape index (κ3) is 3.57. The van der Waals surface area contributed by atoms with Gasteiger partial charge in [-0.15, -0.1) is 0 Å². The molecule has 7 nitrogen and oxygen atoms in total. The molecule has 21 heavy (non-hydrogen) atoms. The van der Waals surface area contributed by atoms with Crippen molar-refractivity contribution in [2.75, 3.05) is 18.6 Å². The molecule has 0 bridgehead atoms. The minimum Gasteiger partial charge on any atom is -0.490 e. The molecule has 1 amide bonds. The summed E-state index contributed by atoms with van der Waals surface area (Å²) in [6.45, 7) is 3.93. The lowest BCUT2D eigenvalue weighted by Crippen LogP contribution is -2.24. The van der Waals surface area contributed by atoms with Crippen LogP contribution in [0.1, 0.15) is 12.8 Å². The van der Waals surface area contributed by atoms with Crippen molar-refractivity contribution in [2.45, 2.75) is 19.9 Å². The van der Waals surface area contributed by atoms with E-state index in [0.717, 1.165) is 5.56 Å². The van der Waals surface area contributed by atoms with Crippen molar-refractivity contribution in [3.05, 3.63) is 24.1 Å². The standard InChI is InChI=1S/C14H18N4O3/c1-9(15)7-20-13-5-4-11(6-12(13)18(3)8-19)14-16-10(2)21-17-14/h4-6,8-9H,7,15H2,1-3H3/t9-/m1/s1. The molecule has 0 aliphatic rings. The Morgan fingerprint density at radius 3 is 2.86 bits per heavy atom. The fourth-order valence-electron chi connectivity index (χ4n) is 1.75. The van der Waals surface area contributed by atoms with Crippen LogP contribution in [-0.4, -0.2) is 36.2 Å². The predicted molar refractivity (Wildman–Crippen MR) is 78.1 cm³/mol. The van der Waals surface area contributed by atoms with Crippen molar-refractivity contribution in [2.24, 2.45) is 5.73 Å². The van der Waals surface area contributed by atoms with Gasteiger partial charge in [0.2, 0.25) is 18.1 Å². The zero-order chi connectivity index (χ0) is 15.4. The smallest absolute Gasteiger partial charge is 0.223 e. The highest BCUT2D eigenvalue weighted by Gasteiger charge is 2.13. The van der Waals surface area contributed by atoms with Crippen molar-refractivity contribution in [1.29, 1.82) is 0 Å². The van der Waals surface area contributed by atoms with Crippen molar-refractivity contribution >= 4 is 12.1 Å². The molecule has 0 aliphatic heterocycles. The first kappa shape index (κ1) is 15.0. The Kier molecular flexibility index (Phi) is 4.54. The van der Waals surface area contributed by atoms with Crippen LogP contribution in [0.25, 0.3) is 11.4 Å². The van der Waals surface area contributed by atoms with Gasteiger partial charge < -0.3 is 19.9 Å². The van der Waals surface area contributed by atoms with Crippen molar-refractivity contribution in [3.8, 4) is 17.1 Å². The molecule has 0 spiro atoms. The maximum Gasteiger partial charge on any atom is 0.223 e. The fraction of sp³-hybridized carbons (Fsp3) is 0.357. The van der Waals surface area contributed by atoms with E-state index in [9.17, 15) is 4.79 Å². The van der Waals surface area contributed by atoms with Gasteiger partial charge >= 0.3 is 0 Å². The van der Waals surface area contributed by atoms with Crippen LogP contribution < -0.4 is 15.4 Å². The summed E-state index contributed by atoms with van der Waals surface area (Å²) in [6, 6.07) is 5.25. The molecule has 0 saturated heterocycles. The number of hydrogen-bond acceptors (Lipinski definition) is 6. The van der Waals surface area contributed by atoms with Crippen LogP contribution in [0.4, 0.5) is 5.69 Å². The number of carbonyl (C=O) groups excluding carboxylic acids is 1. The second-order valence-corrected chi connectivity index (χ2v) is 4.82. The highest BCUT2D eigenvalue weighted by Crippen LogP contribution is 2.31. The van der Waals surface area contributed by atoms with Gasteiger partial charge in [0.05, 0.1) is 5.69 Å². The van der Waals surface area contributed by atoms with Crippen LogP contribution in [0.5, 0.6) is 5.75 Å². The number of nitrogens with zero attached hydrogens (tertiary/aromatic N) is 3. The minimum atomic E-state index is -0.0982. The molecule has 0 unspecified atom stereocenters. The molecule has 7 heteroatoms. The summed E-state index contributed by atoms with van der Waals surface area (Å²) in [5.41, 5.74) is 7.04. The zero-order valence-electron chi connectivity index (χ0n) is 12.2. The quantitative estimate of drug-likeness (QED) is 0.807. The summed E-state index contributed by atoms with van der Waals surface area (Å²) in [5, 5.41) is 3.86. The average molecular weight is 290 g/mol. The number of hydrogen-bond donors (Lipinski definition) is 1. The van der Waals surface area contributed by atoms with Gasteiger partial charge in [0.1, 0.15) is 12.4 Å². The lowest BCUT2D eigenvalue weighted by atomic mass is 10.1. The van der Waals surface area contributed by atoms with Gasteiger partial charge in [0.25, 0.3) is 0 Å². The molecule has 2 N–H and O–H groups in total. The fourth-order valence-corrected chi connectivity index (χ4v) is 1.75. The van der Waals surface area contributed by atoms with Crippen LogP contribution >= 0.6 is 0 Å². The molecule has 0 radical (unpaired) electrons. The Hall–Kier alpha value is -2.41. The van der Waals surface area contributed by atoms with Gasteiger partial charge in [-0.2, -0.15) is 4.98 Å². The Morgan fingerprint density at radius 2 is 2.29 bits per heavy atom. The Labute approximate surface area is 122 Å². The van der Waals surface area contributed by atoms with E-state index in [-0.39, 0.29) is 6.04 Å². The van der Waals surface area contributed by atoms with Gasteiger partial charge in [-0.3, -0.25) is 4.79 Å². The molecule has 1 aromatic carbocycles. The maximum absolute atomic E-state index is 11.0. The molecule has 112 valence electrons. The van der Waals surface area contributed by atoms with Crippen LogP contribution in [0.2, 0.25) is 0 Å². The second kappa shape index (κ2) is 6.36. The summed E-state index contributed by atoms with van der Waals surface area (Å²) in [7, 11) is 1.65. The third-order valence-electron chi connectivity index (χ3n) is 2.78. The average Bonchev–Trinajstić information content (AvgIpc) is 2.90. The largest absolute Gasteiger partial charge is 0.490 e. The molecule has 2 aromatic rings. The molecule has 1 atom stereocenters. The Balaban J connectivity index is 2.36. The van der Waals surface area contributed by atoms with Gasteiger partial charge in [-0.1, -0.05) is 5.16 Å².